The molecule has 8 aromatic rings. The lowest BCUT2D eigenvalue weighted by Crippen LogP contribution is -2.25. The van der Waals surface area contributed by atoms with Crippen LogP contribution in [0.2, 0.25) is 0 Å². The number of benzene rings is 8. The zero-order valence-corrected chi connectivity index (χ0v) is 25.7. The number of hydrogen-bond acceptors (Lipinski definition) is 1. The van der Waals surface area contributed by atoms with Crippen LogP contribution in [0.3, 0.4) is 0 Å². The van der Waals surface area contributed by atoms with Gasteiger partial charge < -0.3 is 0 Å². The molecule has 8 aromatic carbocycles. The van der Waals surface area contributed by atoms with Crippen molar-refractivity contribution in [3.63, 3.8) is 0 Å². The summed E-state index contributed by atoms with van der Waals surface area (Å²) in [5.41, 5.74) is 15.8. The highest BCUT2D eigenvalue weighted by atomic mass is 32.2. The van der Waals surface area contributed by atoms with Gasteiger partial charge in [0.15, 0.2) is 0 Å². The Morgan fingerprint density at radius 3 is 1.93 bits per heavy atom. The van der Waals surface area contributed by atoms with Crippen molar-refractivity contribution in [1.82, 2.24) is 0 Å². The molecule has 1 heteroatoms. The molecule has 212 valence electrons. The third kappa shape index (κ3) is 2.97. The Bertz CT molecular complexity index is 2620. The molecule has 1 atom stereocenters. The predicted molar refractivity (Wildman–Crippen MR) is 193 cm³/mol. The second-order valence-electron chi connectivity index (χ2n) is 12.8. The van der Waals surface area contributed by atoms with E-state index in [0.717, 1.165) is 0 Å². The van der Waals surface area contributed by atoms with E-state index in [-0.39, 0.29) is 5.41 Å². The Morgan fingerprint density at radius 2 is 1.02 bits per heavy atom. The van der Waals surface area contributed by atoms with Crippen molar-refractivity contribution in [1.29, 1.82) is 0 Å². The summed E-state index contributed by atoms with van der Waals surface area (Å²) < 4.78 is 0. The molecule has 46 heavy (non-hydrogen) atoms. The topological polar surface area (TPSA) is 0 Å². The quantitative estimate of drug-likeness (QED) is 0.181. The predicted octanol–water partition coefficient (Wildman–Crippen LogP) is 12.1. The van der Waals surface area contributed by atoms with Gasteiger partial charge >= 0.3 is 0 Å². The van der Waals surface area contributed by atoms with Gasteiger partial charge in [-0.05, 0) is 95.1 Å². The van der Waals surface area contributed by atoms with Gasteiger partial charge in [-0.3, -0.25) is 0 Å². The summed E-state index contributed by atoms with van der Waals surface area (Å²) in [6.07, 6.45) is 0. The van der Waals surface area contributed by atoms with Crippen molar-refractivity contribution >= 4 is 33.3 Å². The van der Waals surface area contributed by atoms with Gasteiger partial charge in [0, 0.05) is 15.2 Å². The minimum Gasteiger partial charge on any atom is -0.0881 e. The molecule has 0 saturated carbocycles. The maximum atomic E-state index is 2.47. The highest BCUT2D eigenvalue weighted by molar-refractivity contribution is 8.00. The van der Waals surface area contributed by atoms with Crippen LogP contribution < -0.4 is 0 Å². The van der Waals surface area contributed by atoms with Crippen LogP contribution in [0.25, 0.3) is 66.1 Å². The van der Waals surface area contributed by atoms with Crippen molar-refractivity contribution in [2.24, 2.45) is 0 Å². The first-order valence-corrected chi connectivity index (χ1v) is 16.8. The third-order valence-corrected chi connectivity index (χ3v) is 11.9. The zero-order chi connectivity index (χ0) is 30.0. The zero-order valence-electron chi connectivity index (χ0n) is 24.9. The molecule has 0 N–H and O–H groups in total. The smallest absolute Gasteiger partial charge is 0.0725 e. The molecular weight excluding hydrogens is 573 g/mol. The molecule has 2 aliphatic carbocycles. The minimum absolute atomic E-state index is 0.347. The summed E-state index contributed by atoms with van der Waals surface area (Å²) >= 11 is 1.92. The highest BCUT2D eigenvalue weighted by Gasteiger charge is 2.52. The van der Waals surface area contributed by atoms with Crippen LogP contribution in [0.5, 0.6) is 0 Å². The van der Waals surface area contributed by atoms with E-state index in [4.69, 9.17) is 0 Å². The van der Waals surface area contributed by atoms with Crippen LogP contribution in [0, 0.1) is 0 Å². The van der Waals surface area contributed by atoms with Crippen LogP contribution in [-0.4, -0.2) is 0 Å². The molecule has 0 fully saturated rings. The molecule has 0 aromatic heterocycles. The van der Waals surface area contributed by atoms with Gasteiger partial charge in [0.2, 0.25) is 0 Å². The Morgan fingerprint density at radius 1 is 0.391 bits per heavy atom. The van der Waals surface area contributed by atoms with Crippen LogP contribution in [-0.2, 0) is 5.41 Å². The van der Waals surface area contributed by atoms with Crippen molar-refractivity contribution in [3.05, 3.63) is 180 Å². The second kappa shape index (κ2) is 8.88. The molecule has 11 rings (SSSR count). The molecule has 1 aliphatic heterocycles. The summed E-state index contributed by atoms with van der Waals surface area (Å²) in [4.78, 5) is 2.68. The Kier molecular flexibility index (Phi) is 4.80. The largest absolute Gasteiger partial charge is 0.0881 e. The molecule has 1 heterocycles. The molecule has 0 saturated heterocycles. The van der Waals surface area contributed by atoms with Gasteiger partial charge in [-0.1, -0.05) is 157 Å². The third-order valence-electron chi connectivity index (χ3n) is 10.7. The van der Waals surface area contributed by atoms with Crippen LogP contribution in [0.1, 0.15) is 22.3 Å². The molecule has 3 aliphatic rings. The lowest BCUT2D eigenvalue weighted by molar-refractivity contribution is 0.794. The van der Waals surface area contributed by atoms with Crippen molar-refractivity contribution in [2.45, 2.75) is 15.2 Å². The molecular formula is C45H26S. The first-order chi connectivity index (χ1) is 22.8. The molecule has 0 radical (unpaired) electrons. The Hall–Kier alpha value is -5.37. The van der Waals surface area contributed by atoms with Crippen LogP contribution in [0.4, 0.5) is 0 Å². The normalized spacial score (nSPS) is 16.3. The lowest BCUT2D eigenvalue weighted by atomic mass is 9.70. The van der Waals surface area contributed by atoms with E-state index in [0.29, 0.717) is 0 Å². The van der Waals surface area contributed by atoms with Gasteiger partial charge in [0.25, 0.3) is 0 Å². The maximum absolute atomic E-state index is 2.47. The van der Waals surface area contributed by atoms with Gasteiger partial charge in [-0.25, -0.2) is 0 Å². The van der Waals surface area contributed by atoms with E-state index in [9.17, 15) is 0 Å². The van der Waals surface area contributed by atoms with Crippen molar-refractivity contribution in [2.75, 3.05) is 0 Å². The molecule has 1 unspecified atom stereocenters. The minimum atomic E-state index is -0.347. The monoisotopic (exact) mass is 598 g/mol. The van der Waals surface area contributed by atoms with Crippen LogP contribution in [0.15, 0.2) is 168 Å². The Labute approximate surface area is 272 Å². The second-order valence-corrected chi connectivity index (χ2v) is 13.8. The molecule has 0 bridgehead atoms. The fourth-order valence-electron chi connectivity index (χ4n) is 8.89. The maximum Gasteiger partial charge on any atom is 0.0725 e. The van der Waals surface area contributed by atoms with E-state index < -0.39 is 0 Å². The van der Waals surface area contributed by atoms with E-state index in [1.165, 1.54) is 98.1 Å². The van der Waals surface area contributed by atoms with Crippen LogP contribution >= 0.6 is 11.8 Å². The first kappa shape index (κ1) is 24.9. The molecule has 0 nitrogen and oxygen atoms in total. The summed E-state index contributed by atoms with van der Waals surface area (Å²) in [5.74, 6) is 0. The Balaban J connectivity index is 1.18. The number of fused-ring (bicyclic) bond motifs is 14. The molecule has 1 spiro atoms. The van der Waals surface area contributed by atoms with E-state index in [2.05, 4.69) is 158 Å². The summed E-state index contributed by atoms with van der Waals surface area (Å²) in [6, 6.07) is 59.4. The van der Waals surface area contributed by atoms with Crippen molar-refractivity contribution in [3.8, 4) is 44.5 Å². The molecule has 0 amide bonds. The number of rotatable bonds is 1. The van der Waals surface area contributed by atoms with E-state index in [1.54, 1.807) is 0 Å². The highest BCUT2D eigenvalue weighted by Crippen LogP contribution is 2.64. The van der Waals surface area contributed by atoms with E-state index in [1.807, 2.05) is 11.8 Å². The fraction of sp³-hybridized carbons (Fsp3) is 0.0222. The van der Waals surface area contributed by atoms with Gasteiger partial charge in [0.05, 0.1) is 5.41 Å². The SMILES string of the molecule is c1ccc2c(c1)-c1cc(-c3cccc4c3Sc3cccc5cccc-4c35)ccc1C21c2ccccc2-c2c1ccc1ccccc21. The van der Waals surface area contributed by atoms with Gasteiger partial charge in [-0.15, -0.1) is 0 Å². The average molecular weight is 599 g/mol. The van der Waals surface area contributed by atoms with Crippen molar-refractivity contribution < 1.29 is 0 Å². The van der Waals surface area contributed by atoms with Gasteiger partial charge in [-0.2, -0.15) is 0 Å². The first-order valence-electron chi connectivity index (χ1n) is 16.0. The lowest BCUT2D eigenvalue weighted by Gasteiger charge is -2.30. The van der Waals surface area contributed by atoms with E-state index >= 15 is 0 Å². The average Bonchev–Trinajstić information content (AvgIpc) is 3.59. The fourth-order valence-corrected chi connectivity index (χ4v) is 10.2. The summed E-state index contributed by atoms with van der Waals surface area (Å²) in [6.45, 7) is 0. The summed E-state index contributed by atoms with van der Waals surface area (Å²) in [7, 11) is 0. The number of hydrogen-bond donors (Lipinski definition) is 0. The van der Waals surface area contributed by atoms with Gasteiger partial charge in [0.1, 0.15) is 0 Å². The standard InChI is InChI=1S/C45H26S/c1-2-13-30-27(10-1)22-25-40-43(30)35-15-4-6-20-38(35)45(40)37-19-5-3-14-32(37)36-26-29(23-24-39(36)45)31-16-9-18-34-33-17-7-11-28-12-8-21-41(42(28)33)46-44(31)34/h1-26H. The summed E-state index contributed by atoms with van der Waals surface area (Å²) in [5, 5.41) is 5.30.